The topological polar surface area (TPSA) is 58.6 Å². The van der Waals surface area contributed by atoms with Crippen LogP contribution in [-0.4, -0.2) is 36.4 Å². The summed E-state index contributed by atoms with van der Waals surface area (Å²) in [4.78, 5) is 11.1. The standard InChI is InChI=1S/C19H28BrNO3/c1-2-10-24-13-18(12-14-4-3-5-16(20)11-14)21-17-8-6-15(7-9-17)19(22)23/h3-5,11,15,17-18,21H,2,6-10,12-13H2,1H3,(H,22,23). The number of rotatable bonds is 9. The summed E-state index contributed by atoms with van der Waals surface area (Å²) in [5.41, 5.74) is 1.28. The van der Waals surface area contributed by atoms with E-state index in [4.69, 9.17) is 9.84 Å². The second-order valence-corrected chi connectivity index (χ2v) is 7.58. The molecule has 5 heteroatoms. The number of benzene rings is 1. The molecule has 4 nitrogen and oxygen atoms in total. The van der Waals surface area contributed by atoms with Crippen LogP contribution in [0.2, 0.25) is 0 Å². The number of carboxylic acid groups (broad SMARTS) is 1. The molecule has 0 heterocycles. The summed E-state index contributed by atoms with van der Waals surface area (Å²) < 4.78 is 6.87. The highest BCUT2D eigenvalue weighted by Crippen LogP contribution is 2.25. The molecule has 1 unspecified atom stereocenters. The first-order chi connectivity index (χ1) is 11.6. The molecule has 24 heavy (non-hydrogen) atoms. The molecule has 0 radical (unpaired) electrons. The first-order valence-corrected chi connectivity index (χ1v) is 9.68. The van der Waals surface area contributed by atoms with Crippen LogP contribution in [0.5, 0.6) is 0 Å². The van der Waals surface area contributed by atoms with Gasteiger partial charge in [0.15, 0.2) is 0 Å². The predicted octanol–water partition coefficient (Wildman–Crippen LogP) is 4.02. The molecule has 1 aliphatic rings. The second-order valence-electron chi connectivity index (χ2n) is 6.66. The van der Waals surface area contributed by atoms with E-state index in [-0.39, 0.29) is 12.0 Å². The SMILES string of the molecule is CCCOCC(Cc1cccc(Br)c1)NC1CCC(C(=O)O)CC1. The van der Waals surface area contributed by atoms with Crippen molar-refractivity contribution in [1.29, 1.82) is 0 Å². The van der Waals surface area contributed by atoms with E-state index >= 15 is 0 Å². The lowest BCUT2D eigenvalue weighted by atomic mass is 9.85. The van der Waals surface area contributed by atoms with E-state index in [1.54, 1.807) is 0 Å². The van der Waals surface area contributed by atoms with Gasteiger partial charge in [-0.15, -0.1) is 0 Å². The van der Waals surface area contributed by atoms with Crippen molar-refractivity contribution in [3.05, 3.63) is 34.3 Å². The maximum atomic E-state index is 11.1. The summed E-state index contributed by atoms with van der Waals surface area (Å²) in [6.45, 7) is 3.59. The molecule has 1 aromatic rings. The Morgan fingerprint density at radius 2 is 2.12 bits per heavy atom. The summed E-state index contributed by atoms with van der Waals surface area (Å²) in [5.74, 6) is -0.812. The Bertz CT molecular complexity index is 515. The van der Waals surface area contributed by atoms with Gasteiger partial charge in [0.1, 0.15) is 0 Å². The molecular formula is C19H28BrNO3. The average molecular weight is 398 g/mol. The maximum absolute atomic E-state index is 11.1. The predicted molar refractivity (Wildman–Crippen MR) is 99.3 cm³/mol. The van der Waals surface area contributed by atoms with E-state index in [9.17, 15) is 4.79 Å². The summed E-state index contributed by atoms with van der Waals surface area (Å²) >= 11 is 3.53. The Labute approximate surface area is 153 Å². The Morgan fingerprint density at radius 3 is 2.75 bits per heavy atom. The van der Waals surface area contributed by atoms with Crippen molar-refractivity contribution in [2.75, 3.05) is 13.2 Å². The zero-order chi connectivity index (χ0) is 17.4. The molecule has 0 spiro atoms. The minimum atomic E-state index is -0.648. The van der Waals surface area contributed by atoms with Crippen LogP contribution >= 0.6 is 15.9 Å². The number of aliphatic carboxylic acids is 1. The lowest BCUT2D eigenvalue weighted by Crippen LogP contribution is -2.44. The van der Waals surface area contributed by atoms with Crippen LogP contribution < -0.4 is 5.32 Å². The third kappa shape index (κ3) is 6.54. The summed E-state index contributed by atoms with van der Waals surface area (Å²) in [5, 5.41) is 12.8. The molecular weight excluding hydrogens is 370 g/mol. The molecule has 1 aromatic carbocycles. The maximum Gasteiger partial charge on any atom is 0.306 e. The molecule has 1 fully saturated rings. The molecule has 0 saturated heterocycles. The molecule has 0 aliphatic heterocycles. The quantitative estimate of drug-likeness (QED) is 0.617. The molecule has 1 aliphatic carbocycles. The van der Waals surface area contributed by atoms with Crippen LogP contribution in [-0.2, 0) is 16.0 Å². The van der Waals surface area contributed by atoms with Gasteiger partial charge in [0.25, 0.3) is 0 Å². The Balaban J connectivity index is 1.89. The van der Waals surface area contributed by atoms with E-state index in [1.165, 1.54) is 5.56 Å². The van der Waals surface area contributed by atoms with Crippen molar-refractivity contribution in [3.8, 4) is 0 Å². The van der Waals surface area contributed by atoms with Crippen molar-refractivity contribution in [2.45, 2.75) is 57.5 Å². The summed E-state index contributed by atoms with van der Waals surface area (Å²) in [7, 11) is 0. The fourth-order valence-corrected chi connectivity index (χ4v) is 3.77. The lowest BCUT2D eigenvalue weighted by Gasteiger charge is -2.31. The zero-order valence-corrected chi connectivity index (χ0v) is 15.9. The fourth-order valence-electron chi connectivity index (χ4n) is 3.32. The molecule has 134 valence electrons. The number of hydrogen-bond acceptors (Lipinski definition) is 3. The first kappa shape index (κ1) is 19.4. The Morgan fingerprint density at radius 1 is 1.38 bits per heavy atom. The van der Waals surface area contributed by atoms with Crippen molar-refractivity contribution in [1.82, 2.24) is 5.32 Å². The van der Waals surface area contributed by atoms with Crippen molar-refractivity contribution in [2.24, 2.45) is 5.92 Å². The van der Waals surface area contributed by atoms with E-state index in [0.29, 0.717) is 12.6 Å². The van der Waals surface area contributed by atoms with Crippen LogP contribution in [0, 0.1) is 5.92 Å². The molecule has 1 atom stereocenters. The fraction of sp³-hybridized carbons (Fsp3) is 0.632. The third-order valence-electron chi connectivity index (χ3n) is 4.59. The summed E-state index contributed by atoms with van der Waals surface area (Å²) in [6.07, 6.45) is 5.34. The third-order valence-corrected chi connectivity index (χ3v) is 5.08. The number of hydrogen-bond donors (Lipinski definition) is 2. The molecule has 0 amide bonds. The molecule has 0 bridgehead atoms. The average Bonchev–Trinajstić information content (AvgIpc) is 2.55. The van der Waals surface area contributed by atoms with Crippen LogP contribution in [0.3, 0.4) is 0 Å². The van der Waals surface area contributed by atoms with Gasteiger partial charge in [-0.3, -0.25) is 4.79 Å². The van der Waals surface area contributed by atoms with Crippen LogP contribution in [0.15, 0.2) is 28.7 Å². The van der Waals surface area contributed by atoms with Gasteiger partial charge in [-0.1, -0.05) is 35.0 Å². The smallest absolute Gasteiger partial charge is 0.306 e. The van der Waals surface area contributed by atoms with E-state index in [1.807, 2.05) is 6.07 Å². The number of carbonyl (C=O) groups is 1. The minimum Gasteiger partial charge on any atom is -0.481 e. The van der Waals surface area contributed by atoms with Gasteiger partial charge in [0, 0.05) is 23.2 Å². The molecule has 2 rings (SSSR count). The number of nitrogens with one attached hydrogen (secondary N) is 1. The molecule has 1 saturated carbocycles. The van der Waals surface area contributed by atoms with E-state index < -0.39 is 5.97 Å². The van der Waals surface area contributed by atoms with Gasteiger partial charge in [0.2, 0.25) is 0 Å². The van der Waals surface area contributed by atoms with Crippen molar-refractivity contribution >= 4 is 21.9 Å². The first-order valence-electron chi connectivity index (χ1n) is 8.89. The second kappa shape index (κ2) is 10.2. The lowest BCUT2D eigenvalue weighted by molar-refractivity contribution is -0.142. The van der Waals surface area contributed by atoms with E-state index in [0.717, 1.165) is 49.6 Å². The van der Waals surface area contributed by atoms with Gasteiger partial charge < -0.3 is 15.2 Å². The molecule has 0 aromatic heterocycles. The highest BCUT2D eigenvalue weighted by Gasteiger charge is 2.27. The van der Waals surface area contributed by atoms with Gasteiger partial charge in [-0.05, 0) is 56.2 Å². The minimum absolute atomic E-state index is 0.164. The largest absolute Gasteiger partial charge is 0.481 e. The van der Waals surface area contributed by atoms with E-state index in [2.05, 4.69) is 46.4 Å². The number of ether oxygens (including phenoxy) is 1. The van der Waals surface area contributed by atoms with Gasteiger partial charge in [0.05, 0.1) is 12.5 Å². The van der Waals surface area contributed by atoms with Crippen molar-refractivity contribution < 1.29 is 14.6 Å². The highest BCUT2D eigenvalue weighted by molar-refractivity contribution is 9.10. The number of carboxylic acids is 1. The monoisotopic (exact) mass is 397 g/mol. The van der Waals surface area contributed by atoms with Gasteiger partial charge >= 0.3 is 5.97 Å². The van der Waals surface area contributed by atoms with Gasteiger partial charge in [-0.2, -0.15) is 0 Å². The Kier molecular flexibility index (Phi) is 8.22. The van der Waals surface area contributed by atoms with Crippen molar-refractivity contribution in [3.63, 3.8) is 0 Å². The van der Waals surface area contributed by atoms with Crippen LogP contribution in [0.1, 0.15) is 44.6 Å². The van der Waals surface area contributed by atoms with Crippen LogP contribution in [0.25, 0.3) is 0 Å². The molecule has 2 N–H and O–H groups in total. The number of halogens is 1. The van der Waals surface area contributed by atoms with Gasteiger partial charge in [-0.25, -0.2) is 0 Å². The Hall–Kier alpha value is -0.910. The zero-order valence-electron chi connectivity index (χ0n) is 14.3. The van der Waals surface area contributed by atoms with Crippen LogP contribution in [0.4, 0.5) is 0 Å². The highest BCUT2D eigenvalue weighted by atomic mass is 79.9. The normalized spacial score (nSPS) is 22.2. The summed E-state index contributed by atoms with van der Waals surface area (Å²) in [6, 6.07) is 9.03.